The summed E-state index contributed by atoms with van der Waals surface area (Å²) < 4.78 is 11.3. The van der Waals surface area contributed by atoms with Crippen LogP contribution in [0.1, 0.15) is 45.6 Å². The molecule has 7 nitrogen and oxygen atoms in total. The molecule has 0 amide bonds. The van der Waals surface area contributed by atoms with E-state index < -0.39 is 0 Å². The van der Waals surface area contributed by atoms with Crippen molar-refractivity contribution < 1.29 is 9.47 Å². The highest BCUT2D eigenvalue weighted by atomic mass is 16.5. The zero-order valence-electron chi connectivity index (χ0n) is 17.7. The lowest BCUT2D eigenvalue weighted by Gasteiger charge is -2.19. The topological polar surface area (TPSA) is 71.0 Å². The minimum Gasteiger partial charge on any atom is -0.379 e. The van der Waals surface area contributed by atoms with E-state index in [1.165, 1.54) is 0 Å². The monoisotopic (exact) mass is 391 g/mol. The van der Waals surface area contributed by atoms with E-state index in [1.807, 2.05) is 6.20 Å². The number of aliphatic imine (C=N–C) groups is 1. The van der Waals surface area contributed by atoms with Gasteiger partial charge in [0.05, 0.1) is 19.3 Å². The summed E-state index contributed by atoms with van der Waals surface area (Å²) in [6.45, 7) is 12.9. The molecule has 1 saturated heterocycles. The third-order valence-corrected chi connectivity index (χ3v) is 4.75. The van der Waals surface area contributed by atoms with Gasteiger partial charge in [0.1, 0.15) is 5.82 Å². The Morgan fingerprint density at radius 1 is 1.29 bits per heavy atom. The third kappa shape index (κ3) is 8.02. The Hall–Kier alpha value is -1.86. The Morgan fingerprint density at radius 3 is 2.79 bits per heavy atom. The Labute approximate surface area is 169 Å². The molecule has 0 saturated carbocycles. The molecule has 7 heteroatoms. The fourth-order valence-electron chi connectivity index (χ4n) is 3.13. The second kappa shape index (κ2) is 13.3. The largest absolute Gasteiger partial charge is 0.379 e. The van der Waals surface area contributed by atoms with Gasteiger partial charge in [-0.1, -0.05) is 6.07 Å². The lowest BCUT2D eigenvalue weighted by Crippen LogP contribution is -2.38. The first-order chi connectivity index (χ1) is 13.8. The van der Waals surface area contributed by atoms with Crippen LogP contribution < -0.4 is 15.5 Å². The molecular weight excluding hydrogens is 354 g/mol. The van der Waals surface area contributed by atoms with Crippen LogP contribution in [0, 0.1) is 0 Å². The second-order valence-corrected chi connectivity index (χ2v) is 6.88. The van der Waals surface area contributed by atoms with Gasteiger partial charge < -0.3 is 25.0 Å². The maximum atomic E-state index is 5.70. The normalized spacial score (nSPS) is 17.0. The molecule has 1 unspecified atom stereocenters. The quantitative estimate of drug-likeness (QED) is 0.324. The summed E-state index contributed by atoms with van der Waals surface area (Å²) in [6.07, 6.45) is 5.44. The molecule has 2 heterocycles. The van der Waals surface area contributed by atoms with Crippen molar-refractivity contribution in [2.45, 2.75) is 52.7 Å². The maximum absolute atomic E-state index is 5.70. The molecule has 1 atom stereocenters. The molecular formula is C21H37N5O2. The summed E-state index contributed by atoms with van der Waals surface area (Å²) in [7, 11) is 0. The van der Waals surface area contributed by atoms with E-state index in [0.29, 0.717) is 19.3 Å². The van der Waals surface area contributed by atoms with Gasteiger partial charge in [0.2, 0.25) is 0 Å². The van der Waals surface area contributed by atoms with E-state index in [2.05, 4.69) is 58.4 Å². The highest BCUT2D eigenvalue weighted by Gasteiger charge is 2.14. The molecule has 2 N–H and O–H groups in total. The van der Waals surface area contributed by atoms with Crippen molar-refractivity contribution in [3.05, 3.63) is 23.9 Å². The summed E-state index contributed by atoms with van der Waals surface area (Å²) in [5.74, 6) is 1.85. The van der Waals surface area contributed by atoms with E-state index in [0.717, 1.165) is 76.0 Å². The predicted molar refractivity (Wildman–Crippen MR) is 115 cm³/mol. The van der Waals surface area contributed by atoms with E-state index in [4.69, 9.17) is 9.47 Å². The van der Waals surface area contributed by atoms with Crippen molar-refractivity contribution in [3.63, 3.8) is 0 Å². The summed E-state index contributed by atoms with van der Waals surface area (Å²) in [5, 5.41) is 6.65. The Kier molecular flexibility index (Phi) is 10.7. The van der Waals surface area contributed by atoms with Gasteiger partial charge in [-0.25, -0.2) is 9.98 Å². The van der Waals surface area contributed by atoms with E-state index in [-0.39, 0.29) is 0 Å². The van der Waals surface area contributed by atoms with Crippen LogP contribution in [0.2, 0.25) is 0 Å². The molecule has 0 bridgehead atoms. The van der Waals surface area contributed by atoms with Crippen molar-refractivity contribution in [2.24, 2.45) is 4.99 Å². The number of ether oxygens (including phenoxy) is 2. The average Bonchev–Trinajstić information content (AvgIpc) is 3.24. The number of guanidine groups is 1. The van der Waals surface area contributed by atoms with E-state index in [9.17, 15) is 0 Å². The van der Waals surface area contributed by atoms with Crippen LogP contribution in [-0.2, 0) is 16.0 Å². The molecule has 1 aromatic heterocycles. The van der Waals surface area contributed by atoms with E-state index in [1.54, 1.807) is 0 Å². The first kappa shape index (κ1) is 22.4. The number of hydrogen-bond donors (Lipinski definition) is 2. The van der Waals surface area contributed by atoms with Crippen LogP contribution in [0.5, 0.6) is 0 Å². The van der Waals surface area contributed by atoms with Gasteiger partial charge in [0, 0.05) is 45.6 Å². The zero-order valence-corrected chi connectivity index (χ0v) is 17.7. The lowest BCUT2D eigenvalue weighted by molar-refractivity contribution is 0.0168. The summed E-state index contributed by atoms with van der Waals surface area (Å²) >= 11 is 0. The number of nitrogens with zero attached hydrogens (tertiary/aromatic N) is 3. The first-order valence-corrected chi connectivity index (χ1v) is 10.7. The second-order valence-electron chi connectivity index (χ2n) is 6.88. The third-order valence-electron chi connectivity index (χ3n) is 4.75. The van der Waals surface area contributed by atoms with Crippen LogP contribution in [0.15, 0.2) is 23.3 Å². The van der Waals surface area contributed by atoms with Gasteiger partial charge >= 0.3 is 0 Å². The number of rotatable bonds is 12. The zero-order chi connectivity index (χ0) is 20.0. The fraction of sp³-hybridized carbons (Fsp3) is 0.714. The van der Waals surface area contributed by atoms with Crippen molar-refractivity contribution in [2.75, 3.05) is 50.9 Å². The Balaban J connectivity index is 1.70. The smallest absolute Gasteiger partial charge is 0.191 e. The van der Waals surface area contributed by atoms with Gasteiger partial charge in [-0.3, -0.25) is 0 Å². The minimum atomic E-state index is 0.300. The van der Waals surface area contributed by atoms with Gasteiger partial charge in [-0.2, -0.15) is 0 Å². The predicted octanol–water partition coefficient (Wildman–Crippen LogP) is 2.57. The average molecular weight is 392 g/mol. The van der Waals surface area contributed by atoms with Crippen molar-refractivity contribution in [1.29, 1.82) is 0 Å². The summed E-state index contributed by atoms with van der Waals surface area (Å²) in [5.41, 5.74) is 1.10. The molecule has 1 aliphatic rings. The molecule has 0 aromatic carbocycles. The molecule has 0 aliphatic carbocycles. The maximum Gasteiger partial charge on any atom is 0.191 e. The summed E-state index contributed by atoms with van der Waals surface area (Å²) in [4.78, 5) is 11.5. The molecule has 1 aromatic rings. The Bertz CT molecular complexity index is 554. The van der Waals surface area contributed by atoms with Crippen LogP contribution in [0.4, 0.5) is 5.82 Å². The van der Waals surface area contributed by atoms with Crippen molar-refractivity contribution in [1.82, 2.24) is 15.6 Å². The highest BCUT2D eigenvalue weighted by Crippen LogP contribution is 2.12. The molecule has 0 radical (unpaired) electrons. The van der Waals surface area contributed by atoms with Gasteiger partial charge in [-0.05, 0) is 51.7 Å². The van der Waals surface area contributed by atoms with Crippen LogP contribution in [0.3, 0.4) is 0 Å². The molecule has 1 fully saturated rings. The molecule has 28 heavy (non-hydrogen) atoms. The van der Waals surface area contributed by atoms with Crippen molar-refractivity contribution >= 4 is 11.8 Å². The number of pyridine rings is 1. The van der Waals surface area contributed by atoms with Crippen LogP contribution in [0.25, 0.3) is 0 Å². The molecule has 2 rings (SSSR count). The Morgan fingerprint density at radius 2 is 2.14 bits per heavy atom. The van der Waals surface area contributed by atoms with Crippen LogP contribution in [-0.4, -0.2) is 63.0 Å². The number of nitrogens with one attached hydrogen (secondary N) is 2. The lowest BCUT2D eigenvalue weighted by atomic mass is 10.2. The number of hydrogen-bond acceptors (Lipinski definition) is 5. The SMILES string of the molecule is CCNC(=NCc1ccc(N(CC)CC)nc1)NCCCOCC1CCCO1. The first-order valence-electron chi connectivity index (χ1n) is 10.7. The molecule has 0 spiro atoms. The van der Waals surface area contributed by atoms with Crippen molar-refractivity contribution in [3.8, 4) is 0 Å². The molecule has 158 valence electrons. The minimum absolute atomic E-state index is 0.300. The fourth-order valence-corrected chi connectivity index (χ4v) is 3.13. The van der Waals surface area contributed by atoms with Crippen LogP contribution >= 0.6 is 0 Å². The summed E-state index contributed by atoms with van der Waals surface area (Å²) in [6, 6.07) is 4.18. The standard InChI is InChI=1S/C21H37N5O2/c1-4-22-21(23-12-8-13-27-17-19-9-7-14-28-19)25-16-18-10-11-20(24-15-18)26(5-2)6-3/h10-11,15,19H,4-9,12-14,16-17H2,1-3H3,(H2,22,23,25). The van der Waals surface area contributed by atoms with Gasteiger partial charge in [0.15, 0.2) is 5.96 Å². The number of aromatic nitrogens is 1. The number of anilines is 1. The van der Waals surface area contributed by atoms with Gasteiger partial charge in [-0.15, -0.1) is 0 Å². The van der Waals surface area contributed by atoms with E-state index >= 15 is 0 Å². The highest BCUT2D eigenvalue weighted by molar-refractivity contribution is 5.79. The molecule has 1 aliphatic heterocycles. The van der Waals surface area contributed by atoms with Gasteiger partial charge in [0.25, 0.3) is 0 Å².